The Hall–Kier alpha value is -0.0900. The largest absolute Gasteiger partial charge is 0.368 e. The van der Waals surface area contributed by atoms with Gasteiger partial charge in [-0.3, -0.25) is 4.79 Å². The van der Waals surface area contributed by atoms with Gasteiger partial charge in [-0.05, 0) is 24.7 Å². The Bertz CT molecular complexity index is 233. The summed E-state index contributed by atoms with van der Waals surface area (Å²) in [4.78, 5) is 12.1. The van der Waals surface area contributed by atoms with Gasteiger partial charge in [0.2, 0.25) is 5.91 Å². The minimum absolute atomic E-state index is 0.0400. The molecule has 4 heteroatoms. The standard InChI is InChI=1S/C12H22BrNO2/c1-8(2)6-10(13)7-14-12(15)11-9(3)4-5-16-11/h8-11H,4-7H2,1-3H3,(H,14,15). The number of carbonyl (C=O) groups excluding carboxylic acids is 1. The van der Waals surface area contributed by atoms with Crippen LogP contribution in [0.25, 0.3) is 0 Å². The molecular formula is C12H22BrNO2. The Kier molecular flexibility index (Phi) is 5.76. The van der Waals surface area contributed by atoms with Crippen molar-refractivity contribution >= 4 is 21.8 Å². The number of rotatable bonds is 5. The zero-order chi connectivity index (χ0) is 12.1. The predicted molar refractivity (Wildman–Crippen MR) is 68.7 cm³/mol. The van der Waals surface area contributed by atoms with Crippen LogP contribution in [0.3, 0.4) is 0 Å². The molecule has 1 aliphatic heterocycles. The lowest BCUT2D eigenvalue weighted by molar-refractivity contribution is -0.131. The van der Waals surface area contributed by atoms with Crippen LogP contribution in [-0.2, 0) is 9.53 Å². The lowest BCUT2D eigenvalue weighted by Gasteiger charge is -2.17. The Morgan fingerprint density at radius 1 is 1.56 bits per heavy atom. The van der Waals surface area contributed by atoms with Gasteiger partial charge >= 0.3 is 0 Å². The van der Waals surface area contributed by atoms with Crippen LogP contribution in [0.15, 0.2) is 0 Å². The zero-order valence-corrected chi connectivity index (χ0v) is 11.9. The molecule has 0 saturated carbocycles. The third kappa shape index (κ3) is 4.42. The molecule has 0 aliphatic carbocycles. The number of ether oxygens (including phenoxy) is 1. The molecule has 1 aliphatic rings. The second kappa shape index (κ2) is 6.60. The summed E-state index contributed by atoms with van der Waals surface area (Å²) in [6.07, 6.45) is 1.82. The van der Waals surface area contributed by atoms with Gasteiger partial charge in [0.1, 0.15) is 6.10 Å². The number of carbonyl (C=O) groups is 1. The molecule has 0 aromatic rings. The van der Waals surface area contributed by atoms with Crippen LogP contribution < -0.4 is 5.32 Å². The number of amides is 1. The van der Waals surface area contributed by atoms with Crippen molar-refractivity contribution < 1.29 is 9.53 Å². The summed E-state index contributed by atoms with van der Waals surface area (Å²) in [6, 6.07) is 0. The van der Waals surface area contributed by atoms with Crippen molar-refractivity contribution in [3.05, 3.63) is 0 Å². The lowest BCUT2D eigenvalue weighted by atomic mass is 10.0. The molecule has 1 heterocycles. The van der Waals surface area contributed by atoms with E-state index in [9.17, 15) is 4.79 Å². The van der Waals surface area contributed by atoms with Crippen LogP contribution in [0.1, 0.15) is 33.6 Å². The highest BCUT2D eigenvalue weighted by Crippen LogP contribution is 2.20. The molecular weight excluding hydrogens is 270 g/mol. The van der Waals surface area contributed by atoms with Gasteiger partial charge in [-0.1, -0.05) is 36.7 Å². The van der Waals surface area contributed by atoms with E-state index in [-0.39, 0.29) is 12.0 Å². The molecule has 0 radical (unpaired) electrons. The van der Waals surface area contributed by atoms with Crippen molar-refractivity contribution in [1.29, 1.82) is 0 Å². The maximum Gasteiger partial charge on any atom is 0.249 e. The van der Waals surface area contributed by atoms with Gasteiger partial charge in [0.15, 0.2) is 0 Å². The molecule has 94 valence electrons. The molecule has 0 aromatic carbocycles. The highest BCUT2D eigenvalue weighted by molar-refractivity contribution is 9.09. The van der Waals surface area contributed by atoms with Gasteiger partial charge in [-0.2, -0.15) is 0 Å². The number of alkyl halides is 1. The van der Waals surface area contributed by atoms with Gasteiger partial charge in [0.25, 0.3) is 0 Å². The summed E-state index contributed by atoms with van der Waals surface area (Å²) >= 11 is 3.58. The molecule has 1 fully saturated rings. The van der Waals surface area contributed by atoms with Crippen LogP contribution in [0.4, 0.5) is 0 Å². The summed E-state index contributed by atoms with van der Waals surface area (Å²) in [5.74, 6) is 1.03. The van der Waals surface area contributed by atoms with Gasteiger partial charge in [0.05, 0.1) is 0 Å². The topological polar surface area (TPSA) is 38.3 Å². The summed E-state index contributed by atoms with van der Waals surface area (Å²) < 4.78 is 5.41. The van der Waals surface area contributed by atoms with E-state index < -0.39 is 0 Å². The van der Waals surface area contributed by atoms with Gasteiger partial charge in [-0.15, -0.1) is 0 Å². The fraction of sp³-hybridized carbons (Fsp3) is 0.917. The van der Waals surface area contributed by atoms with E-state index in [1.54, 1.807) is 0 Å². The molecule has 3 nitrogen and oxygen atoms in total. The summed E-state index contributed by atoms with van der Waals surface area (Å²) in [7, 11) is 0. The fourth-order valence-corrected chi connectivity index (χ4v) is 2.85. The third-order valence-electron chi connectivity index (χ3n) is 2.87. The average molecular weight is 292 g/mol. The Labute approximate surface area is 106 Å². The van der Waals surface area contributed by atoms with E-state index in [4.69, 9.17) is 4.74 Å². The van der Waals surface area contributed by atoms with Crippen molar-refractivity contribution in [1.82, 2.24) is 5.32 Å². The van der Waals surface area contributed by atoms with Crippen molar-refractivity contribution in [2.45, 2.75) is 44.5 Å². The number of hydrogen-bond donors (Lipinski definition) is 1. The summed E-state index contributed by atoms with van der Waals surface area (Å²) in [6.45, 7) is 7.82. The third-order valence-corrected chi connectivity index (χ3v) is 3.57. The first kappa shape index (κ1) is 14.0. The van der Waals surface area contributed by atoms with Crippen molar-refractivity contribution in [3.63, 3.8) is 0 Å². The molecule has 0 bridgehead atoms. The SMILES string of the molecule is CC(C)CC(Br)CNC(=O)C1OCCC1C. The highest BCUT2D eigenvalue weighted by Gasteiger charge is 2.30. The molecule has 1 rings (SSSR count). The minimum Gasteiger partial charge on any atom is -0.368 e. The molecule has 3 unspecified atom stereocenters. The van der Waals surface area contributed by atoms with Crippen LogP contribution in [0, 0.1) is 11.8 Å². The molecule has 0 aromatic heterocycles. The average Bonchev–Trinajstić information content (AvgIpc) is 2.60. The van der Waals surface area contributed by atoms with Crippen LogP contribution in [0.2, 0.25) is 0 Å². The fourth-order valence-electron chi connectivity index (χ4n) is 1.94. The van der Waals surface area contributed by atoms with Gasteiger partial charge < -0.3 is 10.1 Å². The Morgan fingerprint density at radius 2 is 2.25 bits per heavy atom. The molecule has 1 N–H and O–H groups in total. The first-order chi connectivity index (χ1) is 7.50. The lowest BCUT2D eigenvalue weighted by Crippen LogP contribution is -2.40. The molecule has 0 spiro atoms. The van der Waals surface area contributed by atoms with Crippen LogP contribution in [-0.4, -0.2) is 30.0 Å². The van der Waals surface area contributed by atoms with E-state index in [1.807, 2.05) is 0 Å². The maximum absolute atomic E-state index is 11.8. The predicted octanol–water partition coefficient (Wildman–Crippen LogP) is 2.34. The van der Waals surface area contributed by atoms with E-state index in [0.29, 0.717) is 29.8 Å². The van der Waals surface area contributed by atoms with Gasteiger partial charge in [0, 0.05) is 18.0 Å². The first-order valence-electron chi connectivity index (χ1n) is 6.04. The minimum atomic E-state index is -0.237. The van der Waals surface area contributed by atoms with E-state index >= 15 is 0 Å². The smallest absolute Gasteiger partial charge is 0.249 e. The maximum atomic E-state index is 11.8. The second-order valence-corrected chi connectivity index (χ2v) is 6.32. The number of nitrogens with one attached hydrogen (secondary N) is 1. The Balaban J connectivity index is 2.24. The van der Waals surface area contributed by atoms with Crippen molar-refractivity contribution in [3.8, 4) is 0 Å². The molecule has 16 heavy (non-hydrogen) atoms. The van der Waals surface area contributed by atoms with Crippen LogP contribution in [0.5, 0.6) is 0 Å². The van der Waals surface area contributed by atoms with E-state index in [2.05, 4.69) is 42.0 Å². The highest BCUT2D eigenvalue weighted by atomic mass is 79.9. The van der Waals surface area contributed by atoms with Crippen molar-refractivity contribution in [2.75, 3.05) is 13.2 Å². The normalized spacial score (nSPS) is 27.1. The number of hydrogen-bond acceptors (Lipinski definition) is 2. The second-order valence-electron chi connectivity index (χ2n) is 5.03. The molecule has 1 amide bonds. The molecule has 3 atom stereocenters. The Morgan fingerprint density at radius 3 is 2.75 bits per heavy atom. The zero-order valence-electron chi connectivity index (χ0n) is 10.3. The van der Waals surface area contributed by atoms with Crippen molar-refractivity contribution in [2.24, 2.45) is 11.8 Å². The summed E-state index contributed by atoms with van der Waals surface area (Å²) in [5.41, 5.74) is 0. The number of halogens is 1. The van der Waals surface area contributed by atoms with E-state index in [1.165, 1.54) is 0 Å². The monoisotopic (exact) mass is 291 g/mol. The first-order valence-corrected chi connectivity index (χ1v) is 6.95. The van der Waals surface area contributed by atoms with Crippen LogP contribution >= 0.6 is 15.9 Å². The quantitative estimate of drug-likeness (QED) is 0.790. The molecule has 1 saturated heterocycles. The van der Waals surface area contributed by atoms with Gasteiger partial charge in [-0.25, -0.2) is 0 Å². The summed E-state index contributed by atoms with van der Waals surface area (Å²) in [5, 5.41) is 2.95. The van der Waals surface area contributed by atoms with E-state index in [0.717, 1.165) is 12.8 Å².